The number of aromatic nitrogens is 1. The Kier molecular flexibility index (Phi) is 5.37. The average Bonchev–Trinajstić information content (AvgIpc) is 2.63. The van der Waals surface area contributed by atoms with Crippen molar-refractivity contribution in [2.24, 2.45) is 7.05 Å². The summed E-state index contributed by atoms with van der Waals surface area (Å²) in [5.41, 5.74) is 2.83. The molecule has 2 aromatic carbocycles. The van der Waals surface area contributed by atoms with E-state index in [0.29, 0.717) is 5.56 Å². The zero-order valence-electron chi connectivity index (χ0n) is 14.5. The molecule has 0 unspecified atom stereocenters. The van der Waals surface area contributed by atoms with E-state index in [-0.39, 0.29) is 0 Å². The molecule has 26 heavy (non-hydrogen) atoms. The van der Waals surface area contributed by atoms with E-state index in [9.17, 15) is 13.2 Å². The molecule has 0 saturated heterocycles. The predicted octanol–water partition coefficient (Wildman–Crippen LogP) is 5.98. The molecular formula is C21H19F3NS+. The SMILES string of the molecule is CCSc1c(-c2ccccc2)c[n+](C)cc1-c1cccc(C(F)(F)F)c1. The van der Waals surface area contributed by atoms with Gasteiger partial charge in [0.1, 0.15) is 7.05 Å². The van der Waals surface area contributed by atoms with E-state index in [0.717, 1.165) is 33.4 Å². The first kappa shape index (κ1) is 18.5. The standard InChI is InChI=1S/C21H19F3NS/c1-3-26-20-18(15-8-5-4-6-9-15)13-25(2)14-19(20)16-10-7-11-17(12-16)21(22,23)24/h4-14H,3H2,1-2H3/q+1. The highest BCUT2D eigenvalue weighted by atomic mass is 32.2. The minimum atomic E-state index is -4.35. The molecule has 134 valence electrons. The molecule has 0 bridgehead atoms. The van der Waals surface area contributed by atoms with Crippen LogP contribution in [-0.4, -0.2) is 5.75 Å². The molecule has 0 aliphatic rings. The number of hydrogen-bond acceptors (Lipinski definition) is 1. The summed E-state index contributed by atoms with van der Waals surface area (Å²) in [5.74, 6) is 0.833. The highest BCUT2D eigenvalue weighted by Crippen LogP contribution is 2.39. The van der Waals surface area contributed by atoms with Gasteiger partial charge in [0.05, 0.1) is 16.7 Å². The molecular weight excluding hydrogens is 355 g/mol. The normalized spacial score (nSPS) is 11.6. The smallest absolute Gasteiger partial charge is 0.207 e. The number of pyridine rings is 1. The molecule has 3 aromatic rings. The lowest BCUT2D eigenvalue weighted by molar-refractivity contribution is -0.670. The van der Waals surface area contributed by atoms with Crippen LogP contribution in [0.2, 0.25) is 0 Å². The molecule has 0 saturated carbocycles. The molecule has 1 nitrogen and oxygen atoms in total. The lowest BCUT2D eigenvalue weighted by Gasteiger charge is -2.14. The molecule has 0 fully saturated rings. The summed E-state index contributed by atoms with van der Waals surface area (Å²) in [6.45, 7) is 2.04. The van der Waals surface area contributed by atoms with Gasteiger partial charge in [-0.3, -0.25) is 0 Å². The van der Waals surface area contributed by atoms with Gasteiger partial charge in [-0.2, -0.15) is 13.2 Å². The van der Waals surface area contributed by atoms with Crippen molar-refractivity contribution in [3.8, 4) is 22.3 Å². The molecule has 1 heterocycles. The van der Waals surface area contributed by atoms with Gasteiger partial charge in [0, 0.05) is 4.90 Å². The lowest BCUT2D eigenvalue weighted by atomic mass is 10.00. The van der Waals surface area contributed by atoms with Crippen molar-refractivity contribution in [3.05, 3.63) is 72.6 Å². The van der Waals surface area contributed by atoms with Crippen LogP contribution in [0.5, 0.6) is 0 Å². The molecule has 0 aliphatic heterocycles. The Morgan fingerprint density at radius 1 is 0.885 bits per heavy atom. The number of nitrogens with zero attached hydrogens (tertiary/aromatic N) is 1. The van der Waals surface area contributed by atoms with E-state index in [1.807, 2.05) is 61.3 Å². The van der Waals surface area contributed by atoms with Crippen molar-refractivity contribution in [1.29, 1.82) is 0 Å². The van der Waals surface area contributed by atoms with Gasteiger partial charge in [-0.25, -0.2) is 4.57 Å². The Hall–Kier alpha value is -2.27. The summed E-state index contributed by atoms with van der Waals surface area (Å²) in [4.78, 5) is 0.996. The first-order valence-corrected chi connectivity index (χ1v) is 9.28. The fourth-order valence-corrected chi connectivity index (χ4v) is 3.84. The van der Waals surface area contributed by atoms with Crippen LogP contribution in [0.25, 0.3) is 22.3 Å². The highest BCUT2D eigenvalue weighted by molar-refractivity contribution is 7.99. The van der Waals surface area contributed by atoms with Crippen molar-refractivity contribution in [2.45, 2.75) is 18.0 Å². The summed E-state index contributed by atoms with van der Waals surface area (Å²) in [6.07, 6.45) is -0.447. The molecule has 0 spiro atoms. The third kappa shape index (κ3) is 3.93. The van der Waals surface area contributed by atoms with Crippen molar-refractivity contribution in [2.75, 3.05) is 5.75 Å². The number of benzene rings is 2. The Bertz CT molecular complexity index is 905. The van der Waals surface area contributed by atoms with E-state index in [1.165, 1.54) is 12.1 Å². The largest absolute Gasteiger partial charge is 0.416 e. The van der Waals surface area contributed by atoms with Crippen LogP contribution in [0.4, 0.5) is 13.2 Å². The topological polar surface area (TPSA) is 3.88 Å². The first-order valence-electron chi connectivity index (χ1n) is 8.29. The molecule has 1 aromatic heterocycles. The molecule has 0 radical (unpaired) electrons. The molecule has 3 rings (SSSR count). The number of rotatable bonds is 4. The second kappa shape index (κ2) is 7.54. The van der Waals surface area contributed by atoms with Crippen LogP contribution >= 0.6 is 11.8 Å². The maximum absolute atomic E-state index is 13.1. The first-order chi connectivity index (χ1) is 12.4. The van der Waals surface area contributed by atoms with Gasteiger partial charge >= 0.3 is 6.18 Å². The quantitative estimate of drug-likeness (QED) is 0.402. The fraction of sp³-hybridized carbons (Fsp3) is 0.190. The number of thioether (sulfide) groups is 1. The highest BCUT2D eigenvalue weighted by Gasteiger charge is 2.31. The zero-order valence-corrected chi connectivity index (χ0v) is 15.4. The monoisotopic (exact) mass is 374 g/mol. The Labute approximate surface area is 155 Å². The van der Waals surface area contributed by atoms with Crippen LogP contribution in [0.3, 0.4) is 0 Å². The maximum atomic E-state index is 13.1. The van der Waals surface area contributed by atoms with Gasteiger partial charge in [-0.15, -0.1) is 11.8 Å². The van der Waals surface area contributed by atoms with E-state index in [1.54, 1.807) is 17.8 Å². The van der Waals surface area contributed by atoms with E-state index < -0.39 is 11.7 Å². The van der Waals surface area contributed by atoms with Gasteiger partial charge in [0.15, 0.2) is 12.4 Å². The maximum Gasteiger partial charge on any atom is 0.416 e. The van der Waals surface area contributed by atoms with E-state index in [2.05, 4.69) is 0 Å². The molecule has 0 N–H and O–H groups in total. The van der Waals surface area contributed by atoms with Gasteiger partial charge in [0.2, 0.25) is 0 Å². The summed E-state index contributed by atoms with van der Waals surface area (Å²) < 4.78 is 41.3. The van der Waals surface area contributed by atoms with Crippen LogP contribution in [0.15, 0.2) is 71.9 Å². The summed E-state index contributed by atoms with van der Waals surface area (Å²) in [6, 6.07) is 15.5. The van der Waals surface area contributed by atoms with Crippen LogP contribution in [0.1, 0.15) is 12.5 Å². The third-order valence-corrected chi connectivity index (χ3v) is 5.05. The van der Waals surface area contributed by atoms with Crippen LogP contribution < -0.4 is 4.57 Å². The Balaban J connectivity index is 2.23. The van der Waals surface area contributed by atoms with E-state index >= 15 is 0 Å². The van der Waals surface area contributed by atoms with Crippen molar-refractivity contribution >= 4 is 11.8 Å². The van der Waals surface area contributed by atoms with Gasteiger partial charge in [-0.1, -0.05) is 49.4 Å². The van der Waals surface area contributed by atoms with Crippen molar-refractivity contribution in [3.63, 3.8) is 0 Å². The van der Waals surface area contributed by atoms with Crippen LogP contribution in [0, 0.1) is 0 Å². The zero-order chi connectivity index (χ0) is 18.7. The second-order valence-corrected chi connectivity index (χ2v) is 7.23. The van der Waals surface area contributed by atoms with Gasteiger partial charge in [0.25, 0.3) is 0 Å². The Morgan fingerprint density at radius 3 is 2.12 bits per heavy atom. The number of alkyl halides is 3. The van der Waals surface area contributed by atoms with Gasteiger partial charge in [-0.05, 0) is 29.0 Å². The van der Waals surface area contributed by atoms with Crippen LogP contribution in [-0.2, 0) is 13.2 Å². The molecule has 0 amide bonds. The number of halogens is 3. The van der Waals surface area contributed by atoms with Gasteiger partial charge < -0.3 is 0 Å². The molecule has 0 atom stereocenters. The lowest BCUT2D eigenvalue weighted by Crippen LogP contribution is -2.27. The van der Waals surface area contributed by atoms with Crippen molar-refractivity contribution in [1.82, 2.24) is 0 Å². The van der Waals surface area contributed by atoms with Crippen molar-refractivity contribution < 1.29 is 17.7 Å². The molecule has 5 heteroatoms. The number of aryl methyl sites for hydroxylation is 1. The fourth-order valence-electron chi connectivity index (χ4n) is 2.90. The summed E-state index contributed by atoms with van der Waals surface area (Å²) in [5, 5.41) is 0. The van der Waals surface area contributed by atoms with E-state index in [4.69, 9.17) is 0 Å². The summed E-state index contributed by atoms with van der Waals surface area (Å²) >= 11 is 1.65. The summed E-state index contributed by atoms with van der Waals surface area (Å²) in [7, 11) is 1.89. The minimum absolute atomic E-state index is 0.573. The Morgan fingerprint density at radius 2 is 1.50 bits per heavy atom. The predicted molar refractivity (Wildman–Crippen MR) is 99.9 cm³/mol. The minimum Gasteiger partial charge on any atom is -0.207 e. The third-order valence-electron chi connectivity index (χ3n) is 4.03. The second-order valence-electron chi connectivity index (χ2n) is 5.96. The number of hydrogen-bond donors (Lipinski definition) is 0. The molecule has 0 aliphatic carbocycles. The average molecular weight is 374 g/mol.